The van der Waals surface area contributed by atoms with Crippen LogP contribution in [0.4, 0.5) is 11.4 Å². The van der Waals surface area contributed by atoms with Crippen LogP contribution in [0.15, 0.2) is 72.8 Å². The van der Waals surface area contributed by atoms with Gasteiger partial charge < -0.3 is 24.8 Å². The molecule has 0 radical (unpaired) electrons. The van der Waals surface area contributed by atoms with Gasteiger partial charge >= 0.3 is 0 Å². The maximum atomic E-state index is 13.4. The molecule has 0 bridgehead atoms. The highest BCUT2D eigenvalue weighted by molar-refractivity contribution is 6.70. The van der Waals surface area contributed by atoms with Gasteiger partial charge in [0.1, 0.15) is 5.75 Å². The van der Waals surface area contributed by atoms with E-state index in [9.17, 15) is 14.4 Å². The zero-order chi connectivity index (χ0) is 32.8. The third-order valence-electron chi connectivity index (χ3n) is 7.73. The van der Waals surface area contributed by atoms with Gasteiger partial charge in [0.25, 0.3) is 16.1 Å². The van der Waals surface area contributed by atoms with Crippen LogP contribution in [0.3, 0.4) is 0 Å². The van der Waals surface area contributed by atoms with Crippen molar-refractivity contribution in [3.8, 4) is 17.2 Å². The molecular formula is C36H42Cl2N2O6. The number of Topliss-reactive ketones (excluding diaryl/α,β-unsaturated/α-hetero) is 1. The number of hydrogen-bond acceptors (Lipinski definition) is 6. The summed E-state index contributed by atoms with van der Waals surface area (Å²) in [5.74, 6) is -0.595. The molecule has 0 fully saturated rings. The van der Waals surface area contributed by atoms with E-state index in [1.165, 1.54) is 57.1 Å². The molecule has 1 unspecified atom stereocenters. The molecule has 1 aliphatic rings. The van der Waals surface area contributed by atoms with Crippen LogP contribution < -0.4 is 24.8 Å². The number of carbonyl (C=O) groups excluding carboxylic acids is 3. The number of nitrogens with one attached hydrogen (secondary N) is 2. The van der Waals surface area contributed by atoms with Crippen LogP contribution >= 0.6 is 23.2 Å². The van der Waals surface area contributed by atoms with Crippen LogP contribution in [0, 0.1) is 0 Å². The summed E-state index contributed by atoms with van der Waals surface area (Å²) in [7, 11) is 0. The number of rotatable bonds is 19. The molecule has 46 heavy (non-hydrogen) atoms. The number of carbonyl (C=O) groups is 3. The molecule has 0 aromatic heterocycles. The molecule has 1 aliphatic heterocycles. The van der Waals surface area contributed by atoms with Gasteiger partial charge in [-0.2, -0.15) is 0 Å². The Kier molecular flexibility index (Phi) is 13.6. The van der Waals surface area contributed by atoms with Crippen LogP contribution in [0.25, 0.3) is 0 Å². The number of amides is 2. The van der Waals surface area contributed by atoms with Gasteiger partial charge in [-0.05, 0) is 61.4 Å². The molecule has 2 N–H and O–H groups in total. The molecule has 2 amide bonds. The van der Waals surface area contributed by atoms with Gasteiger partial charge in [0, 0.05) is 16.9 Å². The topological polar surface area (TPSA) is 103 Å². The summed E-state index contributed by atoms with van der Waals surface area (Å²) in [5, 5.41) is 5.48. The summed E-state index contributed by atoms with van der Waals surface area (Å²) >= 11 is 12.5. The second-order valence-corrected chi connectivity index (χ2v) is 12.7. The van der Waals surface area contributed by atoms with Crippen molar-refractivity contribution in [2.45, 2.75) is 88.0 Å². The molecule has 3 aromatic carbocycles. The minimum Gasteiger partial charge on any atom is -0.481 e. The maximum absolute atomic E-state index is 13.4. The number of ether oxygens (including phenoxy) is 3. The van der Waals surface area contributed by atoms with Crippen LogP contribution in [-0.4, -0.2) is 34.8 Å². The number of hydrogen-bond donors (Lipinski definition) is 2. The van der Waals surface area contributed by atoms with Crippen LogP contribution in [-0.2, 0) is 9.59 Å². The summed E-state index contributed by atoms with van der Waals surface area (Å²) in [6.07, 6.45) is 11.8. The van der Waals surface area contributed by atoms with Crippen molar-refractivity contribution in [2.75, 3.05) is 17.4 Å². The third-order valence-corrected chi connectivity index (χ3v) is 8.41. The van der Waals surface area contributed by atoms with E-state index >= 15 is 0 Å². The Morgan fingerprint density at radius 1 is 0.761 bits per heavy atom. The lowest BCUT2D eigenvalue weighted by Gasteiger charge is -2.20. The van der Waals surface area contributed by atoms with E-state index in [2.05, 4.69) is 17.6 Å². The smallest absolute Gasteiger partial charge is 0.269 e. The predicted octanol–water partition coefficient (Wildman–Crippen LogP) is 9.11. The average Bonchev–Trinajstić information content (AvgIpc) is 3.53. The SMILES string of the molecule is CCCCCCCCCCCCC(Oc1ccccc1)C(=O)Nc1cccc(NC(=O)C(Cl)(Cl)C(=O)c2ccc3c(c2)OCO3)c1. The molecule has 246 valence electrons. The first-order chi connectivity index (χ1) is 22.3. The van der Waals surface area contributed by atoms with Crippen molar-refractivity contribution in [2.24, 2.45) is 0 Å². The number of benzene rings is 3. The number of ketones is 1. The number of unbranched alkanes of at least 4 members (excludes halogenated alkanes) is 9. The van der Waals surface area contributed by atoms with E-state index in [1.54, 1.807) is 30.3 Å². The van der Waals surface area contributed by atoms with Gasteiger partial charge in [-0.3, -0.25) is 14.4 Å². The molecule has 3 aromatic rings. The lowest BCUT2D eigenvalue weighted by molar-refractivity contribution is -0.123. The van der Waals surface area contributed by atoms with Crippen LogP contribution in [0.1, 0.15) is 87.9 Å². The van der Waals surface area contributed by atoms with Crippen molar-refractivity contribution in [3.05, 3.63) is 78.4 Å². The Labute approximate surface area is 281 Å². The van der Waals surface area contributed by atoms with Gasteiger partial charge in [-0.15, -0.1) is 0 Å². The highest BCUT2D eigenvalue weighted by Crippen LogP contribution is 2.36. The minimum atomic E-state index is -2.42. The predicted molar refractivity (Wildman–Crippen MR) is 182 cm³/mol. The molecule has 10 heteroatoms. The molecule has 1 atom stereocenters. The van der Waals surface area contributed by atoms with Crippen molar-refractivity contribution in [3.63, 3.8) is 0 Å². The zero-order valence-electron chi connectivity index (χ0n) is 26.2. The standard InChI is InChI=1S/C36H42Cl2N2O6/c1-2-3-4-5-6-7-8-9-10-14-20-31(46-29-18-12-11-13-19-29)34(42)39-27-16-15-17-28(24-27)40-35(43)36(37,38)33(41)26-21-22-30-32(23-26)45-25-44-30/h11-13,15-19,21-24,31H,2-10,14,20,25H2,1H3,(H,39,42)(H,40,43). The number of halogens is 2. The summed E-state index contributed by atoms with van der Waals surface area (Å²) < 4.78 is 14.2. The monoisotopic (exact) mass is 668 g/mol. The van der Waals surface area contributed by atoms with Crippen molar-refractivity contribution < 1.29 is 28.6 Å². The van der Waals surface area contributed by atoms with E-state index in [0.717, 1.165) is 19.3 Å². The Morgan fingerprint density at radius 3 is 2.09 bits per heavy atom. The molecular weight excluding hydrogens is 627 g/mol. The highest BCUT2D eigenvalue weighted by Gasteiger charge is 2.43. The Bertz CT molecular complexity index is 1450. The van der Waals surface area contributed by atoms with Crippen LogP contribution in [0.2, 0.25) is 0 Å². The van der Waals surface area contributed by atoms with Gasteiger partial charge in [-0.25, -0.2) is 0 Å². The lowest BCUT2D eigenvalue weighted by atomic mass is 10.0. The molecule has 8 nitrogen and oxygen atoms in total. The summed E-state index contributed by atoms with van der Waals surface area (Å²) in [4.78, 5) is 39.5. The molecule has 0 saturated carbocycles. The highest BCUT2D eigenvalue weighted by atomic mass is 35.5. The molecule has 4 rings (SSSR count). The summed E-state index contributed by atoms with van der Waals surface area (Å²) in [5.41, 5.74) is 0.823. The van der Waals surface area contributed by atoms with E-state index in [1.807, 2.05) is 30.3 Å². The van der Waals surface area contributed by atoms with Crippen molar-refractivity contribution >= 4 is 52.2 Å². The first-order valence-electron chi connectivity index (χ1n) is 16.0. The van der Waals surface area contributed by atoms with E-state index in [0.29, 0.717) is 35.0 Å². The van der Waals surface area contributed by atoms with Crippen LogP contribution in [0.5, 0.6) is 17.2 Å². The summed E-state index contributed by atoms with van der Waals surface area (Å²) in [6, 6.07) is 20.2. The first kappa shape index (κ1) is 35.1. The largest absolute Gasteiger partial charge is 0.481 e. The lowest BCUT2D eigenvalue weighted by Crippen LogP contribution is -2.40. The average molecular weight is 670 g/mol. The normalized spacial score (nSPS) is 12.8. The van der Waals surface area contributed by atoms with Gasteiger partial charge in [-0.1, -0.05) is 112 Å². The van der Waals surface area contributed by atoms with Crippen molar-refractivity contribution in [1.29, 1.82) is 0 Å². The second kappa shape index (κ2) is 17.8. The fourth-order valence-corrected chi connectivity index (χ4v) is 5.47. The Balaban J connectivity index is 1.32. The number of fused-ring (bicyclic) bond motifs is 1. The first-order valence-corrected chi connectivity index (χ1v) is 16.8. The van der Waals surface area contributed by atoms with Gasteiger partial charge in [0.15, 0.2) is 17.6 Å². The molecule has 0 aliphatic carbocycles. The number of anilines is 2. The number of para-hydroxylation sites is 1. The summed E-state index contributed by atoms with van der Waals surface area (Å²) in [6.45, 7) is 2.26. The third kappa shape index (κ3) is 10.4. The molecule has 0 saturated heterocycles. The maximum Gasteiger partial charge on any atom is 0.269 e. The quantitative estimate of drug-likeness (QED) is 0.0571. The van der Waals surface area contributed by atoms with Gasteiger partial charge in [0.2, 0.25) is 12.6 Å². The Morgan fingerprint density at radius 2 is 1.39 bits per heavy atom. The van der Waals surface area contributed by atoms with Gasteiger partial charge in [0.05, 0.1) is 0 Å². The zero-order valence-corrected chi connectivity index (χ0v) is 27.7. The fraction of sp³-hybridized carbons (Fsp3) is 0.417. The fourth-order valence-electron chi connectivity index (χ4n) is 5.15. The van der Waals surface area contributed by atoms with Crippen molar-refractivity contribution in [1.82, 2.24) is 0 Å². The molecule has 0 spiro atoms. The van der Waals surface area contributed by atoms with E-state index in [-0.39, 0.29) is 18.3 Å². The Hall–Kier alpha value is -3.75. The van der Waals surface area contributed by atoms with E-state index in [4.69, 9.17) is 37.4 Å². The minimum absolute atomic E-state index is 0.0334. The molecule has 1 heterocycles. The second-order valence-electron chi connectivity index (χ2n) is 11.4. The van der Waals surface area contributed by atoms with E-state index < -0.39 is 22.1 Å². The number of alkyl halides is 2.